The summed E-state index contributed by atoms with van der Waals surface area (Å²) in [7, 11) is -3.36. The van der Waals surface area contributed by atoms with Gasteiger partial charge in [0.25, 0.3) is 0 Å². The van der Waals surface area contributed by atoms with E-state index in [1.54, 1.807) is 4.31 Å². The van der Waals surface area contributed by atoms with Crippen LogP contribution < -0.4 is 11.1 Å². The van der Waals surface area contributed by atoms with Crippen LogP contribution in [0.3, 0.4) is 0 Å². The second kappa shape index (κ2) is 9.78. The molecule has 2 unspecified atom stereocenters. The Balaban J connectivity index is 0.00000264. The molecule has 136 valence electrons. The number of carbonyl (C=O) groups is 1. The third-order valence-corrected chi connectivity index (χ3v) is 6.69. The lowest BCUT2D eigenvalue weighted by Crippen LogP contribution is -2.53. The molecule has 0 spiro atoms. The van der Waals surface area contributed by atoms with E-state index in [4.69, 9.17) is 10.5 Å². The second-order valence-electron chi connectivity index (χ2n) is 5.99. The van der Waals surface area contributed by atoms with Crippen molar-refractivity contribution in [2.45, 2.75) is 49.8 Å². The van der Waals surface area contributed by atoms with Crippen LogP contribution in [0.5, 0.6) is 0 Å². The van der Waals surface area contributed by atoms with E-state index in [-0.39, 0.29) is 37.4 Å². The van der Waals surface area contributed by atoms with Crippen molar-refractivity contribution in [2.75, 3.05) is 32.8 Å². The first-order valence-electron chi connectivity index (χ1n) is 8.11. The summed E-state index contributed by atoms with van der Waals surface area (Å²) in [6.07, 6.45) is 4.37. The topological polar surface area (TPSA) is 102 Å². The molecule has 9 heteroatoms. The molecule has 2 heterocycles. The fourth-order valence-corrected chi connectivity index (χ4v) is 5.20. The molecular weight excluding hydrogens is 342 g/mol. The number of ether oxygens (including phenoxy) is 1. The third-order valence-electron chi connectivity index (χ3n) is 4.35. The molecule has 2 aliphatic rings. The Kier molecular flexibility index (Phi) is 8.78. The first kappa shape index (κ1) is 20.6. The van der Waals surface area contributed by atoms with E-state index in [1.165, 1.54) is 0 Å². The number of rotatable bonds is 6. The van der Waals surface area contributed by atoms with Gasteiger partial charge in [-0.25, -0.2) is 8.42 Å². The van der Waals surface area contributed by atoms with Crippen molar-refractivity contribution in [1.29, 1.82) is 0 Å². The lowest BCUT2D eigenvalue weighted by atomic mass is 10.1. The fourth-order valence-electron chi connectivity index (χ4n) is 3.10. The normalized spacial score (nSPS) is 26.3. The molecule has 0 aromatic heterocycles. The Hall–Kier alpha value is -0.410. The Morgan fingerprint density at radius 2 is 2.04 bits per heavy atom. The first-order valence-corrected chi connectivity index (χ1v) is 9.61. The lowest BCUT2D eigenvalue weighted by molar-refractivity contribution is -0.121. The molecule has 2 atom stereocenters. The molecule has 23 heavy (non-hydrogen) atoms. The van der Waals surface area contributed by atoms with E-state index >= 15 is 0 Å². The standard InChI is InChI=1S/C14H27N3O4S.ClH/c15-7-6-14(18)16-10-12-4-1-2-8-17(12)22(19,20)13-5-3-9-21-11-13;/h12-13H,1-11,15H2,(H,16,18);1H. The molecule has 1 amide bonds. The summed E-state index contributed by atoms with van der Waals surface area (Å²) in [6.45, 7) is 2.13. The maximum absolute atomic E-state index is 12.8. The maximum Gasteiger partial charge on any atom is 0.221 e. The molecule has 7 nitrogen and oxygen atoms in total. The van der Waals surface area contributed by atoms with Gasteiger partial charge in [-0.3, -0.25) is 4.79 Å². The highest BCUT2D eigenvalue weighted by Crippen LogP contribution is 2.26. The van der Waals surface area contributed by atoms with Gasteiger partial charge in [0.2, 0.25) is 15.9 Å². The molecule has 2 aliphatic heterocycles. The minimum absolute atomic E-state index is 0. The van der Waals surface area contributed by atoms with Crippen molar-refractivity contribution in [3.63, 3.8) is 0 Å². The molecule has 0 aromatic carbocycles. The van der Waals surface area contributed by atoms with Crippen LogP contribution in [-0.2, 0) is 19.6 Å². The monoisotopic (exact) mass is 369 g/mol. The summed E-state index contributed by atoms with van der Waals surface area (Å²) in [4.78, 5) is 11.6. The minimum Gasteiger partial charge on any atom is -0.380 e. The summed E-state index contributed by atoms with van der Waals surface area (Å²) in [5.41, 5.74) is 5.35. The van der Waals surface area contributed by atoms with Gasteiger partial charge in [-0.15, -0.1) is 12.4 Å². The van der Waals surface area contributed by atoms with E-state index in [0.717, 1.165) is 25.7 Å². The van der Waals surface area contributed by atoms with Crippen LogP contribution in [-0.4, -0.2) is 62.8 Å². The molecule has 0 saturated carbocycles. The van der Waals surface area contributed by atoms with Crippen molar-refractivity contribution < 1.29 is 17.9 Å². The average Bonchev–Trinajstić information content (AvgIpc) is 2.54. The van der Waals surface area contributed by atoms with Crippen LogP contribution >= 0.6 is 12.4 Å². The number of nitrogens with one attached hydrogen (secondary N) is 1. The zero-order valence-corrected chi connectivity index (χ0v) is 15.0. The number of carbonyl (C=O) groups excluding carboxylic acids is 1. The number of hydrogen-bond acceptors (Lipinski definition) is 5. The van der Waals surface area contributed by atoms with Crippen LogP contribution in [0.1, 0.15) is 38.5 Å². The number of halogens is 1. The molecule has 0 radical (unpaired) electrons. The zero-order chi connectivity index (χ0) is 16.0. The largest absolute Gasteiger partial charge is 0.380 e. The van der Waals surface area contributed by atoms with Crippen molar-refractivity contribution in [3.05, 3.63) is 0 Å². The minimum atomic E-state index is -3.36. The number of nitrogens with zero attached hydrogens (tertiary/aromatic N) is 1. The molecule has 0 bridgehead atoms. The van der Waals surface area contributed by atoms with Crippen molar-refractivity contribution >= 4 is 28.3 Å². The van der Waals surface area contributed by atoms with Gasteiger partial charge in [-0.2, -0.15) is 4.31 Å². The molecule has 2 fully saturated rings. The van der Waals surface area contributed by atoms with Crippen LogP contribution in [0.25, 0.3) is 0 Å². The van der Waals surface area contributed by atoms with Crippen LogP contribution in [0.2, 0.25) is 0 Å². The molecule has 3 N–H and O–H groups in total. The first-order chi connectivity index (χ1) is 10.6. The van der Waals surface area contributed by atoms with Crippen molar-refractivity contribution in [1.82, 2.24) is 9.62 Å². The van der Waals surface area contributed by atoms with E-state index < -0.39 is 15.3 Å². The van der Waals surface area contributed by atoms with Crippen molar-refractivity contribution in [2.24, 2.45) is 5.73 Å². The number of hydrogen-bond donors (Lipinski definition) is 2. The lowest BCUT2D eigenvalue weighted by Gasteiger charge is -2.38. The van der Waals surface area contributed by atoms with Gasteiger partial charge in [0.05, 0.1) is 11.9 Å². The predicted molar refractivity (Wildman–Crippen MR) is 91.0 cm³/mol. The van der Waals surface area contributed by atoms with Gasteiger partial charge in [0.15, 0.2) is 0 Å². The number of amides is 1. The van der Waals surface area contributed by atoms with Crippen LogP contribution in [0.15, 0.2) is 0 Å². The smallest absolute Gasteiger partial charge is 0.221 e. The fraction of sp³-hybridized carbons (Fsp3) is 0.929. The number of sulfonamides is 1. The second-order valence-corrected chi connectivity index (χ2v) is 8.15. The van der Waals surface area contributed by atoms with Gasteiger partial charge in [-0.05, 0) is 25.7 Å². The van der Waals surface area contributed by atoms with Crippen LogP contribution in [0, 0.1) is 0 Å². The highest BCUT2D eigenvalue weighted by molar-refractivity contribution is 7.89. The zero-order valence-electron chi connectivity index (χ0n) is 13.4. The molecule has 2 saturated heterocycles. The Morgan fingerprint density at radius 1 is 1.26 bits per heavy atom. The maximum atomic E-state index is 12.8. The molecule has 0 aliphatic carbocycles. The van der Waals surface area contributed by atoms with Gasteiger partial charge >= 0.3 is 0 Å². The van der Waals surface area contributed by atoms with E-state index in [9.17, 15) is 13.2 Å². The summed E-state index contributed by atoms with van der Waals surface area (Å²) in [6, 6.07) is -0.151. The highest BCUT2D eigenvalue weighted by atomic mass is 35.5. The third kappa shape index (κ3) is 5.56. The summed E-state index contributed by atoms with van der Waals surface area (Å²) >= 11 is 0. The summed E-state index contributed by atoms with van der Waals surface area (Å²) in [5.74, 6) is -0.119. The summed E-state index contributed by atoms with van der Waals surface area (Å²) in [5, 5.41) is 2.36. The quantitative estimate of drug-likeness (QED) is 0.698. The Morgan fingerprint density at radius 3 is 2.70 bits per heavy atom. The Labute approximate surface area is 144 Å². The average molecular weight is 370 g/mol. The SMILES string of the molecule is Cl.NCCC(=O)NCC1CCCCN1S(=O)(=O)C1CCCOC1. The van der Waals surface area contributed by atoms with Crippen LogP contribution in [0.4, 0.5) is 0 Å². The Bertz CT molecular complexity index is 469. The summed E-state index contributed by atoms with van der Waals surface area (Å²) < 4.78 is 32.6. The van der Waals surface area contributed by atoms with Gasteiger partial charge in [0, 0.05) is 38.7 Å². The number of piperidine rings is 1. The van der Waals surface area contributed by atoms with Gasteiger partial charge in [-0.1, -0.05) is 6.42 Å². The molecule has 0 aromatic rings. The number of nitrogens with two attached hydrogens (primary N) is 1. The molecule has 2 rings (SSSR count). The van der Waals surface area contributed by atoms with E-state index in [0.29, 0.717) is 32.7 Å². The van der Waals surface area contributed by atoms with Gasteiger partial charge in [0.1, 0.15) is 0 Å². The van der Waals surface area contributed by atoms with E-state index in [1.807, 2.05) is 0 Å². The highest BCUT2D eigenvalue weighted by Gasteiger charge is 2.38. The van der Waals surface area contributed by atoms with E-state index in [2.05, 4.69) is 5.32 Å². The van der Waals surface area contributed by atoms with Gasteiger partial charge < -0.3 is 15.8 Å². The predicted octanol–water partition coefficient (Wildman–Crippen LogP) is 0.237. The molecular formula is C14H28ClN3O4S. The van der Waals surface area contributed by atoms with Crippen molar-refractivity contribution in [3.8, 4) is 0 Å².